The monoisotopic (exact) mass is 353 g/mol. The van der Waals surface area contributed by atoms with Crippen molar-refractivity contribution in [2.24, 2.45) is 0 Å². The molecule has 1 atom stereocenters. The first-order valence-electron chi connectivity index (χ1n) is 7.80. The Balaban J connectivity index is 1.54. The fourth-order valence-corrected chi connectivity index (χ4v) is 4.82. The van der Waals surface area contributed by atoms with Crippen LogP contribution in [-0.4, -0.2) is 23.6 Å². The summed E-state index contributed by atoms with van der Waals surface area (Å²) in [5, 5.41) is 4.85. The summed E-state index contributed by atoms with van der Waals surface area (Å²) in [7, 11) is 0. The lowest BCUT2D eigenvalue weighted by atomic mass is 9.86. The molecule has 0 amide bonds. The summed E-state index contributed by atoms with van der Waals surface area (Å²) in [5.41, 5.74) is 3.10. The number of thioether (sulfide) groups is 1. The predicted octanol–water partition coefficient (Wildman–Crippen LogP) is 4.57. The Labute approximate surface area is 135 Å². The maximum Gasteiger partial charge on any atom is 0.0178 e. The molecule has 2 aliphatic carbocycles. The van der Waals surface area contributed by atoms with Gasteiger partial charge in [-0.1, -0.05) is 22.0 Å². The van der Waals surface area contributed by atoms with Gasteiger partial charge in [-0.05, 0) is 74.5 Å². The van der Waals surface area contributed by atoms with Crippen LogP contribution in [0.3, 0.4) is 0 Å². The van der Waals surface area contributed by atoms with Crippen LogP contribution in [0.2, 0.25) is 0 Å². The standard InChI is InChI=1S/C17H24BrNS/c1-20-17-8-6-15(7-9-17)19-16-5-3-12-10-14(18)4-2-13(12)11-16/h2,4,10,15-17,19H,3,5-9,11H2,1H3. The van der Waals surface area contributed by atoms with Gasteiger partial charge in [0.25, 0.3) is 0 Å². The SMILES string of the molecule is CSC1CCC(NC2CCc3cc(Br)ccc3C2)CC1. The molecule has 1 aromatic carbocycles. The van der Waals surface area contributed by atoms with E-state index in [0.29, 0.717) is 6.04 Å². The van der Waals surface area contributed by atoms with Crippen LogP contribution in [0.4, 0.5) is 0 Å². The molecular weight excluding hydrogens is 330 g/mol. The van der Waals surface area contributed by atoms with Gasteiger partial charge in [0.05, 0.1) is 0 Å². The Morgan fingerprint density at radius 2 is 1.85 bits per heavy atom. The number of rotatable bonds is 3. The third kappa shape index (κ3) is 3.61. The van der Waals surface area contributed by atoms with Gasteiger partial charge in [0.15, 0.2) is 0 Å². The second-order valence-corrected chi connectivity index (χ2v) is 8.28. The first kappa shape index (κ1) is 14.9. The minimum atomic E-state index is 0.694. The summed E-state index contributed by atoms with van der Waals surface area (Å²) in [4.78, 5) is 0. The second-order valence-electron chi connectivity index (χ2n) is 6.23. The number of nitrogens with one attached hydrogen (secondary N) is 1. The summed E-state index contributed by atoms with van der Waals surface area (Å²) in [6.07, 6.45) is 11.5. The maximum atomic E-state index is 3.94. The predicted molar refractivity (Wildman–Crippen MR) is 92.6 cm³/mol. The maximum absolute atomic E-state index is 3.94. The van der Waals surface area contributed by atoms with E-state index in [0.717, 1.165) is 11.3 Å². The van der Waals surface area contributed by atoms with Crippen molar-refractivity contribution in [3.63, 3.8) is 0 Å². The van der Waals surface area contributed by atoms with E-state index in [2.05, 4.69) is 57.5 Å². The smallest absolute Gasteiger partial charge is 0.0178 e. The van der Waals surface area contributed by atoms with Crippen molar-refractivity contribution in [1.29, 1.82) is 0 Å². The number of fused-ring (bicyclic) bond motifs is 1. The minimum absolute atomic E-state index is 0.694. The van der Waals surface area contributed by atoms with Crippen molar-refractivity contribution >= 4 is 27.7 Å². The van der Waals surface area contributed by atoms with Gasteiger partial charge in [0.1, 0.15) is 0 Å². The van der Waals surface area contributed by atoms with Crippen LogP contribution in [0.15, 0.2) is 22.7 Å². The molecule has 0 bridgehead atoms. The number of benzene rings is 1. The Kier molecular flexibility index (Phi) is 5.11. The zero-order valence-electron chi connectivity index (χ0n) is 12.2. The van der Waals surface area contributed by atoms with Crippen molar-refractivity contribution in [1.82, 2.24) is 5.32 Å². The van der Waals surface area contributed by atoms with E-state index < -0.39 is 0 Å². The molecule has 0 radical (unpaired) electrons. The van der Waals surface area contributed by atoms with E-state index in [1.807, 2.05) is 0 Å². The van der Waals surface area contributed by atoms with Crippen LogP contribution >= 0.6 is 27.7 Å². The molecule has 0 heterocycles. The highest BCUT2D eigenvalue weighted by Crippen LogP contribution is 2.29. The summed E-state index contributed by atoms with van der Waals surface area (Å²) >= 11 is 5.63. The van der Waals surface area contributed by atoms with E-state index in [4.69, 9.17) is 0 Å². The number of aryl methyl sites for hydroxylation is 1. The first-order chi connectivity index (χ1) is 9.74. The molecule has 1 aromatic rings. The van der Waals surface area contributed by atoms with Gasteiger partial charge in [-0.3, -0.25) is 0 Å². The summed E-state index contributed by atoms with van der Waals surface area (Å²) in [6, 6.07) is 8.25. The normalized spacial score (nSPS) is 30.0. The van der Waals surface area contributed by atoms with Crippen LogP contribution in [0.1, 0.15) is 43.2 Å². The Morgan fingerprint density at radius 1 is 1.05 bits per heavy atom. The molecule has 0 aliphatic heterocycles. The number of halogens is 1. The number of hydrogen-bond donors (Lipinski definition) is 1. The van der Waals surface area contributed by atoms with Crippen LogP contribution < -0.4 is 5.32 Å². The van der Waals surface area contributed by atoms with Crippen molar-refractivity contribution in [3.05, 3.63) is 33.8 Å². The number of hydrogen-bond acceptors (Lipinski definition) is 2. The lowest BCUT2D eigenvalue weighted by Gasteiger charge is -2.33. The first-order valence-corrected chi connectivity index (χ1v) is 9.89. The van der Waals surface area contributed by atoms with Crippen molar-refractivity contribution in [3.8, 4) is 0 Å². The van der Waals surface area contributed by atoms with E-state index in [1.54, 1.807) is 11.1 Å². The fourth-order valence-electron chi connectivity index (χ4n) is 3.66. The molecule has 1 saturated carbocycles. The van der Waals surface area contributed by atoms with Crippen molar-refractivity contribution in [2.75, 3.05) is 6.26 Å². The molecule has 110 valence electrons. The molecule has 2 aliphatic rings. The molecule has 3 heteroatoms. The van der Waals surface area contributed by atoms with Gasteiger partial charge in [-0.15, -0.1) is 0 Å². The van der Waals surface area contributed by atoms with Crippen molar-refractivity contribution in [2.45, 2.75) is 62.3 Å². The lowest BCUT2D eigenvalue weighted by molar-refractivity contribution is 0.324. The molecule has 1 unspecified atom stereocenters. The summed E-state index contributed by atoms with van der Waals surface area (Å²) < 4.78 is 1.22. The molecular formula is C17H24BrNS. The molecule has 3 rings (SSSR count). The molecule has 0 aromatic heterocycles. The molecule has 1 nitrogen and oxygen atoms in total. The largest absolute Gasteiger partial charge is 0.311 e. The van der Waals surface area contributed by atoms with Gasteiger partial charge in [-0.2, -0.15) is 11.8 Å². The quantitative estimate of drug-likeness (QED) is 0.853. The molecule has 1 fully saturated rings. The van der Waals surface area contributed by atoms with E-state index >= 15 is 0 Å². The van der Waals surface area contributed by atoms with E-state index in [1.165, 1.54) is 49.4 Å². The highest BCUT2D eigenvalue weighted by Gasteiger charge is 2.25. The highest BCUT2D eigenvalue weighted by molar-refractivity contribution is 9.10. The van der Waals surface area contributed by atoms with E-state index in [-0.39, 0.29) is 0 Å². The highest BCUT2D eigenvalue weighted by atomic mass is 79.9. The Morgan fingerprint density at radius 3 is 2.60 bits per heavy atom. The Hall–Kier alpha value is 0.01000. The molecule has 1 N–H and O–H groups in total. The zero-order chi connectivity index (χ0) is 13.9. The van der Waals surface area contributed by atoms with Gasteiger partial charge < -0.3 is 5.32 Å². The molecule has 20 heavy (non-hydrogen) atoms. The average molecular weight is 354 g/mol. The van der Waals surface area contributed by atoms with Crippen LogP contribution in [0.5, 0.6) is 0 Å². The molecule has 0 spiro atoms. The van der Waals surface area contributed by atoms with Crippen LogP contribution in [-0.2, 0) is 12.8 Å². The van der Waals surface area contributed by atoms with Gasteiger partial charge in [0, 0.05) is 21.8 Å². The van der Waals surface area contributed by atoms with Gasteiger partial charge in [0.2, 0.25) is 0 Å². The third-order valence-electron chi connectivity index (χ3n) is 4.88. The van der Waals surface area contributed by atoms with Crippen LogP contribution in [0, 0.1) is 0 Å². The summed E-state index contributed by atoms with van der Waals surface area (Å²) in [6.45, 7) is 0. The minimum Gasteiger partial charge on any atom is -0.311 e. The topological polar surface area (TPSA) is 12.0 Å². The van der Waals surface area contributed by atoms with Gasteiger partial charge in [-0.25, -0.2) is 0 Å². The van der Waals surface area contributed by atoms with Gasteiger partial charge >= 0.3 is 0 Å². The fraction of sp³-hybridized carbons (Fsp3) is 0.647. The van der Waals surface area contributed by atoms with E-state index in [9.17, 15) is 0 Å². The lowest BCUT2D eigenvalue weighted by Crippen LogP contribution is -2.43. The average Bonchev–Trinajstić information content (AvgIpc) is 2.48. The zero-order valence-corrected chi connectivity index (χ0v) is 14.6. The Bertz CT molecular complexity index is 454. The third-order valence-corrected chi connectivity index (χ3v) is 6.51. The van der Waals surface area contributed by atoms with Crippen LogP contribution in [0.25, 0.3) is 0 Å². The second kappa shape index (κ2) is 6.85. The van der Waals surface area contributed by atoms with Crippen molar-refractivity contribution < 1.29 is 0 Å². The molecule has 0 saturated heterocycles. The summed E-state index contributed by atoms with van der Waals surface area (Å²) in [5.74, 6) is 0.